The van der Waals surface area contributed by atoms with Gasteiger partial charge in [0, 0.05) is 11.3 Å². The number of primary amides is 1. The Kier molecular flexibility index (Phi) is 2.91. The lowest BCUT2D eigenvalue weighted by molar-refractivity contribution is 0.0998. The number of carbonyl (C=O) groups excluding carboxylic acids is 2. The van der Waals surface area contributed by atoms with Crippen molar-refractivity contribution in [1.29, 1.82) is 0 Å². The molecule has 1 aromatic heterocycles. The van der Waals surface area contributed by atoms with Crippen molar-refractivity contribution >= 4 is 17.5 Å². The molecule has 0 unspecified atom stereocenters. The van der Waals surface area contributed by atoms with Crippen molar-refractivity contribution in [3.63, 3.8) is 0 Å². The van der Waals surface area contributed by atoms with E-state index in [0.717, 1.165) is 0 Å². The van der Waals surface area contributed by atoms with Crippen molar-refractivity contribution in [2.45, 2.75) is 0 Å². The van der Waals surface area contributed by atoms with E-state index in [1.165, 1.54) is 12.5 Å². The molecule has 0 saturated heterocycles. The zero-order valence-corrected chi connectivity index (χ0v) is 8.84. The predicted octanol–water partition coefficient (Wildman–Crippen LogP) is 1.63. The molecule has 2 aromatic rings. The third kappa shape index (κ3) is 2.52. The molecule has 0 radical (unpaired) electrons. The Balaban J connectivity index is 2.09. The molecule has 0 spiro atoms. The summed E-state index contributed by atoms with van der Waals surface area (Å²) in [7, 11) is 0. The van der Waals surface area contributed by atoms with Crippen molar-refractivity contribution in [3.8, 4) is 0 Å². The van der Waals surface area contributed by atoms with Crippen LogP contribution in [0.25, 0.3) is 0 Å². The Morgan fingerprint density at radius 2 is 1.76 bits per heavy atom. The topological polar surface area (TPSA) is 85.3 Å². The maximum atomic E-state index is 11.6. The maximum absolute atomic E-state index is 11.6. The largest absolute Gasteiger partial charge is 0.472 e. The number of amides is 2. The van der Waals surface area contributed by atoms with E-state index in [2.05, 4.69) is 5.32 Å². The molecule has 1 heterocycles. The van der Waals surface area contributed by atoms with Crippen LogP contribution < -0.4 is 11.1 Å². The fourth-order valence-electron chi connectivity index (χ4n) is 1.31. The lowest BCUT2D eigenvalue weighted by Crippen LogP contribution is -2.12. The predicted molar refractivity (Wildman–Crippen MR) is 61.6 cm³/mol. The second-order valence-electron chi connectivity index (χ2n) is 3.41. The lowest BCUT2D eigenvalue weighted by Gasteiger charge is -2.03. The van der Waals surface area contributed by atoms with Gasteiger partial charge in [0.25, 0.3) is 5.91 Å². The maximum Gasteiger partial charge on any atom is 0.258 e. The molecule has 3 N–H and O–H groups in total. The molecule has 86 valence electrons. The summed E-state index contributed by atoms with van der Waals surface area (Å²) < 4.78 is 4.80. The highest BCUT2D eigenvalue weighted by Crippen LogP contribution is 2.11. The molecule has 5 nitrogen and oxygen atoms in total. The first-order valence-corrected chi connectivity index (χ1v) is 4.90. The first-order chi connectivity index (χ1) is 8.16. The number of nitrogens with one attached hydrogen (secondary N) is 1. The van der Waals surface area contributed by atoms with Crippen LogP contribution in [-0.4, -0.2) is 11.8 Å². The van der Waals surface area contributed by atoms with Crippen LogP contribution >= 0.6 is 0 Å². The van der Waals surface area contributed by atoms with Gasteiger partial charge in [-0.15, -0.1) is 0 Å². The highest BCUT2D eigenvalue weighted by Gasteiger charge is 2.07. The summed E-state index contributed by atoms with van der Waals surface area (Å²) in [6.45, 7) is 0. The highest BCUT2D eigenvalue weighted by molar-refractivity contribution is 6.04. The number of carbonyl (C=O) groups is 2. The molecule has 0 atom stereocenters. The molecule has 5 heteroatoms. The van der Waals surface area contributed by atoms with Crippen LogP contribution in [-0.2, 0) is 0 Å². The standard InChI is InChI=1S/C12H10N2O3/c13-11(15)8-1-3-10(4-2-8)14-12(16)9-5-6-17-7-9/h1-7H,(H2,13,15)(H,14,16). The van der Waals surface area contributed by atoms with Crippen LogP contribution in [0.4, 0.5) is 5.69 Å². The van der Waals surface area contributed by atoms with Crippen molar-refractivity contribution in [1.82, 2.24) is 0 Å². The summed E-state index contributed by atoms with van der Waals surface area (Å²) in [5, 5.41) is 2.66. The summed E-state index contributed by atoms with van der Waals surface area (Å²) in [5.74, 6) is -0.775. The monoisotopic (exact) mass is 230 g/mol. The van der Waals surface area contributed by atoms with Gasteiger partial charge in [0.2, 0.25) is 5.91 Å². The molecule has 1 aromatic carbocycles. The van der Waals surface area contributed by atoms with E-state index in [1.807, 2.05) is 0 Å². The van der Waals surface area contributed by atoms with Crippen LogP contribution in [0.3, 0.4) is 0 Å². The van der Waals surface area contributed by atoms with Gasteiger partial charge in [0.05, 0.1) is 11.8 Å². The van der Waals surface area contributed by atoms with Crippen molar-refractivity contribution < 1.29 is 14.0 Å². The molecule has 0 fully saturated rings. The van der Waals surface area contributed by atoms with Gasteiger partial charge in [-0.05, 0) is 30.3 Å². The number of anilines is 1. The summed E-state index contributed by atoms with van der Waals surface area (Å²) in [6.07, 6.45) is 2.78. The average molecular weight is 230 g/mol. The second-order valence-corrected chi connectivity index (χ2v) is 3.41. The normalized spacial score (nSPS) is 9.88. The van der Waals surface area contributed by atoms with Crippen molar-refractivity contribution in [2.24, 2.45) is 5.73 Å². The van der Waals surface area contributed by atoms with E-state index in [0.29, 0.717) is 16.8 Å². The first-order valence-electron chi connectivity index (χ1n) is 4.90. The summed E-state index contributed by atoms with van der Waals surface area (Å²) in [6, 6.07) is 7.88. The first kappa shape index (κ1) is 10.9. The quantitative estimate of drug-likeness (QED) is 0.840. The van der Waals surface area contributed by atoms with Gasteiger partial charge in [-0.3, -0.25) is 9.59 Å². The van der Waals surface area contributed by atoms with E-state index in [-0.39, 0.29) is 5.91 Å². The molecule has 17 heavy (non-hydrogen) atoms. The van der Waals surface area contributed by atoms with Gasteiger partial charge in [0.15, 0.2) is 0 Å². The van der Waals surface area contributed by atoms with Crippen LogP contribution in [0.2, 0.25) is 0 Å². The summed E-state index contributed by atoms with van der Waals surface area (Å²) in [5.41, 5.74) is 6.52. The Bertz CT molecular complexity index is 529. The van der Waals surface area contributed by atoms with Crippen LogP contribution in [0, 0.1) is 0 Å². The zero-order valence-electron chi connectivity index (χ0n) is 8.84. The Morgan fingerprint density at radius 3 is 2.29 bits per heavy atom. The van der Waals surface area contributed by atoms with E-state index in [9.17, 15) is 9.59 Å². The minimum Gasteiger partial charge on any atom is -0.472 e. The van der Waals surface area contributed by atoms with E-state index >= 15 is 0 Å². The molecule has 0 saturated carbocycles. The Morgan fingerprint density at radius 1 is 1.06 bits per heavy atom. The second kappa shape index (κ2) is 4.52. The van der Waals surface area contributed by atoms with Gasteiger partial charge in [-0.25, -0.2) is 0 Å². The van der Waals surface area contributed by atoms with E-state index in [4.69, 9.17) is 10.2 Å². The number of furan rings is 1. The molecule has 0 aliphatic rings. The van der Waals surface area contributed by atoms with E-state index in [1.54, 1.807) is 30.3 Å². The van der Waals surface area contributed by atoms with Crippen LogP contribution in [0.5, 0.6) is 0 Å². The molecule has 0 aliphatic carbocycles. The minimum atomic E-state index is -0.502. The molecule has 0 aliphatic heterocycles. The fraction of sp³-hybridized carbons (Fsp3) is 0. The third-order valence-corrected chi connectivity index (χ3v) is 2.21. The van der Waals surface area contributed by atoms with Gasteiger partial charge in [0.1, 0.15) is 6.26 Å². The summed E-state index contributed by atoms with van der Waals surface area (Å²) in [4.78, 5) is 22.5. The van der Waals surface area contributed by atoms with Crippen molar-refractivity contribution in [3.05, 3.63) is 54.0 Å². The average Bonchev–Trinajstić information content (AvgIpc) is 2.83. The number of benzene rings is 1. The Labute approximate surface area is 97.2 Å². The lowest BCUT2D eigenvalue weighted by atomic mass is 10.2. The summed E-state index contributed by atoms with van der Waals surface area (Å²) >= 11 is 0. The van der Waals surface area contributed by atoms with E-state index < -0.39 is 5.91 Å². The molecule has 2 rings (SSSR count). The number of nitrogens with two attached hydrogens (primary N) is 1. The molecular weight excluding hydrogens is 220 g/mol. The third-order valence-electron chi connectivity index (χ3n) is 2.21. The Hall–Kier alpha value is -2.56. The minimum absolute atomic E-state index is 0.273. The van der Waals surface area contributed by atoms with Gasteiger partial charge < -0.3 is 15.5 Å². The van der Waals surface area contributed by atoms with Gasteiger partial charge in [-0.2, -0.15) is 0 Å². The van der Waals surface area contributed by atoms with Gasteiger partial charge >= 0.3 is 0 Å². The zero-order chi connectivity index (χ0) is 12.3. The number of hydrogen-bond acceptors (Lipinski definition) is 3. The van der Waals surface area contributed by atoms with Crippen LogP contribution in [0.1, 0.15) is 20.7 Å². The van der Waals surface area contributed by atoms with Gasteiger partial charge in [-0.1, -0.05) is 0 Å². The number of hydrogen-bond donors (Lipinski definition) is 2. The SMILES string of the molecule is NC(=O)c1ccc(NC(=O)c2ccoc2)cc1. The fourth-order valence-corrected chi connectivity index (χ4v) is 1.31. The van der Waals surface area contributed by atoms with Crippen molar-refractivity contribution in [2.75, 3.05) is 5.32 Å². The molecule has 2 amide bonds. The smallest absolute Gasteiger partial charge is 0.258 e. The number of rotatable bonds is 3. The highest BCUT2D eigenvalue weighted by atomic mass is 16.3. The molecular formula is C12H10N2O3. The molecule has 0 bridgehead atoms. The van der Waals surface area contributed by atoms with Crippen LogP contribution in [0.15, 0.2) is 47.3 Å².